The maximum absolute atomic E-state index is 11.9. The van der Waals surface area contributed by atoms with E-state index in [-0.39, 0.29) is 5.69 Å². The molecule has 1 aromatic carbocycles. The number of H-pyrrole nitrogens is 1. The van der Waals surface area contributed by atoms with Gasteiger partial charge < -0.3 is 16.0 Å². The van der Waals surface area contributed by atoms with Gasteiger partial charge in [0.25, 0.3) is 5.91 Å². The molecule has 0 spiro atoms. The Morgan fingerprint density at radius 1 is 1.32 bits per heavy atom. The first kappa shape index (κ1) is 13.3. The molecule has 1 heterocycles. The molecule has 0 saturated heterocycles. The molecule has 4 N–H and O–H groups in total. The number of carbonyl (C=O) groups is 1. The molecular weight excluding hydrogens is 259 g/mol. The van der Waals surface area contributed by atoms with Crippen molar-refractivity contribution in [3.05, 3.63) is 30.0 Å². The molecule has 4 nitrogen and oxygen atoms in total. The molecule has 0 aliphatic heterocycles. The number of carbonyl (C=O) groups excluding carboxylic acids is 1. The van der Waals surface area contributed by atoms with Crippen LogP contribution < -0.4 is 11.1 Å². The Morgan fingerprint density at radius 3 is 2.74 bits per heavy atom. The number of rotatable bonds is 3. The SMILES string of the molecule is Nc1ccc2[nH]c(C(=O)NCCC(F)(F)F)cc2c1. The summed E-state index contributed by atoms with van der Waals surface area (Å²) in [7, 11) is 0. The fourth-order valence-electron chi connectivity index (χ4n) is 1.69. The number of nitrogens with two attached hydrogens (primary N) is 1. The largest absolute Gasteiger partial charge is 0.399 e. The monoisotopic (exact) mass is 271 g/mol. The maximum atomic E-state index is 11.9. The molecule has 0 radical (unpaired) electrons. The van der Waals surface area contributed by atoms with Crippen LogP contribution in [-0.4, -0.2) is 23.6 Å². The molecule has 7 heteroatoms. The van der Waals surface area contributed by atoms with Gasteiger partial charge >= 0.3 is 6.18 Å². The van der Waals surface area contributed by atoms with Gasteiger partial charge in [-0.1, -0.05) is 0 Å². The lowest BCUT2D eigenvalue weighted by Gasteiger charge is -2.06. The van der Waals surface area contributed by atoms with Crippen LogP contribution in [0.15, 0.2) is 24.3 Å². The quantitative estimate of drug-likeness (QED) is 0.750. The average molecular weight is 271 g/mol. The standard InChI is InChI=1S/C12H12F3N3O/c13-12(14,15)3-4-17-11(19)10-6-7-5-8(16)1-2-9(7)18-10/h1-2,5-6,18H,3-4,16H2,(H,17,19). The zero-order valence-corrected chi connectivity index (χ0v) is 9.84. The van der Waals surface area contributed by atoms with E-state index in [0.717, 1.165) is 5.39 Å². The highest BCUT2D eigenvalue weighted by Crippen LogP contribution is 2.19. The minimum atomic E-state index is -4.28. The van der Waals surface area contributed by atoms with E-state index in [4.69, 9.17) is 5.73 Å². The number of nitrogen functional groups attached to an aromatic ring is 1. The summed E-state index contributed by atoms with van der Waals surface area (Å²) in [4.78, 5) is 14.5. The summed E-state index contributed by atoms with van der Waals surface area (Å²) in [5.74, 6) is -0.570. The molecule has 1 amide bonds. The molecule has 0 atom stereocenters. The van der Waals surface area contributed by atoms with Crippen molar-refractivity contribution in [3.8, 4) is 0 Å². The highest BCUT2D eigenvalue weighted by molar-refractivity contribution is 5.98. The van der Waals surface area contributed by atoms with Crippen LogP contribution in [-0.2, 0) is 0 Å². The predicted molar refractivity (Wildman–Crippen MR) is 65.7 cm³/mol. The van der Waals surface area contributed by atoms with Gasteiger partial charge in [-0.2, -0.15) is 13.2 Å². The summed E-state index contributed by atoms with van der Waals surface area (Å²) in [6.45, 7) is -0.445. The maximum Gasteiger partial charge on any atom is 0.390 e. The number of aromatic amines is 1. The van der Waals surface area contributed by atoms with Gasteiger partial charge in [0.2, 0.25) is 0 Å². The lowest BCUT2D eigenvalue weighted by atomic mass is 10.2. The first-order chi connectivity index (χ1) is 8.85. The molecule has 0 unspecified atom stereocenters. The van der Waals surface area contributed by atoms with Crippen LogP contribution >= 0.6 is 0 Å². The van der Waals surface area contributed by atoms with Crippen LogP contribution in [0.2, 0.25) is 0 Å². The van der Waals surface area contributed by atoms with Gasteiger partial charge in [0.15, 0.2) is 0 Å². The summed E-state index contributed by atoms with van der Waals surface area (Å²) >= 11 is 0. The Kier molecular flexibility index (Phi) is 3.37. The smallest absolute Gasteiger partial charge is 0.390 e. The lowest BCUT2D eigenvalue weighted by molar-refractivity contribution is -0.132. The van der Waals surface area contributed by atoms with Crippen molar-refractivity contribution >= 4 is 22.5 Å². The van der Waals surface area contributed by atoms with Crippen molar-refractivity contribution in [2.45, 2.75) is 12.6 Å². The van der Waals surface area contributed by atoms with Crippen molar-refractivity contribution in [2.75, 3.05) is 12.3 Å². The molecule has 0 saturated carbocycles. The van der Waals surface area contributed by atoms with Crippen LogP contribution in [0.4, 0.5) is 18.9 Å². The van der Waals surface area contributed by atoms with Crippen molar-refractivity contribution in [2.24, 2.45) is 0 Å². The normalized spacial score (nSPS) is 11.7. The predicted octanol–water partition coefficient (Wildman–Crippen LogP) is 2.43. The summed E-state index contributed by atoms with van der Waals surface area (Å²) in [6, 6.07) is 6.61. The van der Waals surface area contributed by atoms with Crippen molar-refractivity contribution in [1.29, 1.82) is 0 Å². The molecule has 0 aliphatic carbocycles. The highest BCUT2D eigenvalue weighted by atomic mass is 19.4. The number of nitrogens with one attached hydrogen (secondary N) is 2. The number of amides is 1. The van der Waals surface area contributed by atoms with Gasteiger partial charge in [-0.05, 0) is 24.3 Å². The van der Waals surface area contributed by atoms with E-state index in [1.54, 1.807) is 24.3 Å². The van der Waals surface area contributed by atoms with E-state index in [1.807, 2.05) is 0 Å². The average Bonchev–Trinajstić information content (AvgIpc) is 2.70. The second kappa shape index (κ2) is 4.83. The minimum absolute atomic E-state index is 0.211. The van der Waals surface area contributed by atoms with Gasteiger partial charge in [-0.3, -0.25) is 4.79 Å². The van der Waals surface area contributed by atoms with Gasteiger partial charge in [-0.15, -0.1) is 0 Å². The van der Waals surface area contributed by atoms with E-state index in [0.29, 0.717) is 11.2 Å². The van der Waals surface area contributed by atoms with Gasteiger partial charge in [-0.25, -0.2) is 0 Å². The zero-order valence-electron chi connectivity index (χ0n) is 9.84. The first-order valence-electron chi connectivity index (χ1n) is 5.58. The molecule has 1 aromatic heterocycles. The Labute approximate surface area is 106 Å². The number of halogens is 3. The van der Waals surface area contributed by atoms with E-state index in [1.165, 1.54) is 0 Å². The second-order valence-corrected chi connectivity index (χ2v) is 4.15. The Morgan fingerprint density at radius 2 is 2.05 bits per heavy atom. The van der Waals surface area contributed by atoms with Crippen LogP contribution in [0.25, 0.3) is 10.9 Å². The van der Waals surface area contributed by atoms with Crippen LogP contribution in [0, 0.1) is 0 Å². The fraction of sp³-hybridized carbons (Fsp3) is 0.250. The number of aromatic nitrogens is 1. The topological polar surface area (TPSA) is 70.9 Å². The van der Waals surface area contributed by atoms with Gasteiger partial charge in [0.05, 0.1) is 6.42 Å². The van der Waals surface area contributed by atoms with Crippen molar-refractivity contribution in [1.82, 2.24) is 10.3 Å². The number of anilines is 1. The summed E-state index contributed by atoms with van der Waals surface area (Å²) in [5, 5.41) is 2.95. The van der Waals surface area contributed by atoms with E-state index in [9.17, 15) is 18.0 Å². The van der Waals surface area contributed by atoms with Crippen LogP contribution in [0.5, 0.6) is 0 Å². The Balaban J connectivity index is 2.05. The van der Waals surface area contributed by atoms with E-state index in [2.05, 4.69) is 10.3 Å². The molecule has 0 fully saturated rings. The molecule has 0 aliphatic rings. The number of fused-ring (bicyclic) bond motifs is 1. The molecular formula is C12H12F3N3O. The third-order valence-corrected chi connectivity index (χ3v) is 2.58. The summed E-state index contributed by atoms with van der Waals surface area (Å²) < 4.78 is 35.8. The summed E-state index contributed by atoms with van der Waals surface area (Å²) in [6.07, 6.45) is -5.33. The molecule has 2 aromatic rings. The first-order valence-corrected chi connectivity index (χ1v) is 5.58. The Hall–Kier alpha value is -2.18. The minimum Gasteiger partial charge on any atom is -0.399 e. The van der Waals surface area contributed by atoms with E-state index >= 15 is 0 Å². The highest BCUT2D eigenvalue weighted by Gasteiger charge is 2.26. The van der Waals surface area contributed by atoms with Crippen molar-refractivity contribution in [3.63, 3.8) is 0 Å². The third kappa shape index (κ3) is 3.40. The van der Waals surface area contributed by atoms with Crippen LogP contribution in [0.1, 0.15) is 16.9 Å². The lowest BCUT2D eigenvalue weighted by Crippen LogP contribution is -2.28. The molecule has 0 bridgehead atoms. The second-order valence-electron chi connectivity index (χ2n) is 4.15. The molecule has 2 rings (SSSR count). The van der Waals surface area contributed by atoms with Crippen LogP contribution in [0.3, 0.4) is 0 Å². The van der Waals surface area contributed by atoms with Gasteiger partial charge in [0.1, 0.15) is 5.69 Å². The molecule has 102 valence electrons. The number of benzene rings is 1. The zero-order chi connectivity index (χ0) is 14.0. The third-order valence-electron chi connectivity index (χ3n) is 2.58. The number of hydrogen-bond acceptors (Lipinski definition) is 2. The van der Waals surface area contributed by atoms with Crippen molar-refractivity contribution < 1.29 is 18.0 Å². The van der Waals surface area contributed by atoms with Gasteiger partial charge in [0, 0.05) is 23.1 Å². The summed E-state index contributed by atoms with van der Waals surface area (Å²) in [5.41, 5.74) is 7.06. The Bertz CT molecular complexity index is 604. The molecule has 19 heavy (non-hydrogen) atoms. The number of hydrogen-bond donors (Lipinski definition) is 3. The fourth-order valence-corrected chi connectivity index (χ4v) is 1.69. The van der Waals surface area contributed by atoms with E-state index < -0.39 is 25.0 Å². The number of alkyl halides is 3.